The SMILES string of the molecule is Cc1ccc([C@@]2(C#N)c3ncccc3N[C@@H]2c2ccccc2)cc1. The predicted octanol–water partition coefficient (Wildman–Crippen LogP) is 4.37. The topological polar surface area (TPSA) is 48.7 Å². The third-order valence-electron chi connectivity index (χ3n) is 4.73. The van der Waals surface area contributed by atoms with Gasteiger partial charge in [0, 0.05) is 6.20 Å². The van der Waals surface area contributed by atoms with Gasteiger partial charge in [-0.15, -0.1) is 0 Å². The Balaban J connectivity index is 1.98. The molecule has 1 aliphatic heterocycles. The van der Waals surface area contributed by atoms with Gasteiger partial charge in [0.05, 0.1) is 23.5 Å². The number of nitriles is 1. The first-order valence-electron chi connectivity index (χ1n) is 8.01. The van der Waals surface area contributed by atoms with E-state index in [1.54, 1.807) is 6.20 Å². The number of anilines is 1. The third-order valence-corrected chi connectivity index (χ3v) is 4.73. The number of pyridine rings is 1. The maximum absolute atomic E-state index is 10.3. The van der Waals surface area contributed by atoms with Crippen LogP contribution in [-0.2, 0) is 5.41 Å². The molecule has 3 heteroatoms. The largest absolute Gasteiger partial charge is 0.374 e. The lowest BCUT2D eigenvalue weighted by molar-refractivity contribution is 0.574. The van der Waals surface area contributed by atoms with E-state index in [1.165, 1.54) is 5.56 Å². The molecular weight excluding hydrogens is 294 g/mol. The fourth-order valence-electron chi connectivity index (χ4n) is 3.52. The zero-order valence-corrected chi connectivity index (χ0v) is 13.4. The number of benzene rings is 2. The Morgan fingerprint density at radius 1 is 1.00 bits per heavy atom. The van der Waals surface area contributed by atoms with Crippen molar-refractivity contribution in [3.63, 3.8) is 0 Å². The average Bonchev–Trinajstić information content (AvgIpc) is 2.98. The van der Waals surface area contributed by atoms with E-state index in [1.807, 2.05) is 42.5 Å². The second kappa shape index (κ2) is 5.50. The van der Waals surface area contributed by atoms with Crippen LogP contribution < -0.4 is 5.32 Å². The van der Waals surface area contributed by atoms with E-state index < -0.39 is 5.41 Å². The van der Waals surface area contributed by atoms with Crippen molar-refractivity contribution in [2.45, 2.75) is 18.4 Å². The highest BCUT2D eigenvalue weighted by atomic mass is 15.0. The van der Waals surface area contributed by atoms with Crippen LogP contribution in [0.2, 0.25) is 0 Å². The Kier molecular flexibility index (Phi) is 3.32. The van der Waals surface area contributed by atoms with Gasteiger partial charge in [0.2, 0.25) is 0 Å². The molecule has 2 atom stereocenters. The Bertz CT molecular complexity index is 910. The van der Waals surface area contributed by atoms with Crippen LogP contribution in [0.1, 0.15) is 28.4 Å². The van der Waals surface area contributed by atoms with Gasteiger partial charge >= 0.3 is 0 Å². The van der Waals surface area contributed by atoms with Crippen LogP contribution in [-0.4, -0.2) is 4.98 Å². The molecule has 1 aromatic heterocycles. The van der Waals surface area contributed by atoms with Crippen molar-refractivity contribution in [1.29, 1.82) is 5.26 Å². The van der Waals surface area contributed by atoms with Gasteiger partial charge in [-0.1, -0.05) is 60.2 Å². The summed E-state index contributed by atoms with van der Waals surface area (Å²) in [5.41, 5.74) is 4.10. The molecule has 3 nitrogen and oxygen atoms in total. The molecular formula is C21H17N3. The van der Waals surface area contributed by atoms with E-state index >= 15 is 0 Å². The molecule has 3 aromatic rings. The van der Waals surface area contributed by atoms with Crippen molar-refractivity contribution >= 4 is 5.69 Å². The van der Waals surface area contributed by atoms with Crippen LogP contribution in [0.15, 0.2) is 72.9 Å². The van der Waals surface area contributed by atoms with Gasteiger partial charge in [-0.3, -0.25) is 4.98 Å². The van der Waals surface area contributed by atoms with Gasteiger partial charge in [-0.2, -0.15) is 5.26 Å². The summed E-state index contributed by atoms with van der Waals surface area (Å²) in [6.45, 7) is 2.05. The lowest BCUT2D eigenvalue weighted by Gasteiger charge is -2.29. The summed E-state index contributed by atoms with van der Waals surface area (Å²) < 4.78 is 0. The molecule has 0 amide bonds. The highest BCUT2D eigenvalue weighted by Crippen LogP contribution is 2.51. The fourth-order valence-corrected chi connectivity index (χ4v) is 3.52. The quantitative estimate of drug-likeness (QED) is 0.764. The van der Waals surface area contributed by atoms with Crippen LogP contribution in [0.4, 0.5) is 5.69 Å². The molecule has 2 heterocycles. The molecule has 24 heavy (non-hydrogen) atoms. The van der Waals surface area contributed by atoms with Gasteiger partial charge in [-0.05, 0) is 30.2 Å². The highest BCUT2D eigenvalue weighted by molar-refractivity contribution is 5.68. The highest BCUT2D eigenvalue weighted by Gasteiger charge is 2.51. The second-order valence-corrected chi connectivity index (χ2v) is 6.17. The molecule has 0 bridgehead atoms. The van der Waals surface area contributed by atoms with Gasteiger partial charge < -0.3 is 5.32 Å². The van der Waals surface area contributed by atoms with E-state index in [0.29, 0.717) is 0 Å². The number of fused-ring (bicyclic) bond motifs is 1. The summed E-state index contributed by atoms with van der Waals surface area (Å²) in [4.78, 5) is 4.57. The minimum atomic E-state index is -0.842. The summed E-state index contributed by atoms with van der Waals surface area (Å²) in [6, 6.07) is 24.6. The molecule has 1 N–H and O–H groups in total. The lowest BCUT2D eigenvalue weighted by atomic mass is 9.72. The molecule has 2 aromatic carbocycles. The minimum Gasteiger partial charge on any atom is -0.374 e. The van der Waals surface area contributed by atoms with Crippen LogP contribution >= 0.6 is 0 Å². The number of nitrogens with zero attached hydrogens (tertiary/aromatic N) is 2. The second-order valence-electron chi connectivity index (χ2n) is 6.17. The number of hydrogen-bond donors (Lipinski definition) is 1. The molecule has 0 aliphatic carbocycles. The van der Waals surface area contributed by atoms with Gasteiger partial charge in [0.1, 0.15) is 0 Å². The number of hydrogen-bond acceptors (Lipinski definition) is 3. The Morgan fingerprint density at radius 2 is 1.75 bits per heavy atom. The maximum atomic E-state index is 10.3. The summed E-state index contributed by atoms with van der Waals surface area (Å²) in [5.74, 6) is 0. The molecule has 1 aliphatic rings. The predicted molar refractivity (Wildman–Crippen MR) is 94.6 cm³/mol. The van der Waals surface area contributed by atoms with E-state index in [0.717, 1.165) is 22.5 Å². The molecule has 0 spiro atoms. The van der Waals surface area contributed by atoms with Crippen LogP contribution in [0, 0.1) is 18.3 Å². The first-order valence-corrected chi connectivity index (χ1v) is 8.01. The van der Waals surface area contributed by atoms with Crippen molar-refractivity contribution in [3.05, 3.63) is 95.3 Å². The van der Waals surface area contributed by atoms with Gasteiger partial charge in [0.15, 0.2) is 5.41 Å². The number of nitrogens with one attached hydrogen (secondary N) is 1. The Morgan fingerprint density at radius 3 is 2.46 bits per heavy atom. The number of rotatable bonds is 2. The molecule has 0 unspecified atom stereocenters. The molecule has 116 valence electrons. The van der Waals surface area contributed by atoms with E-state index in [9.17, 15) is 5.26 Å². The lowest BCUT2D eigenvalue weighted by Crippen LogP contribution is -2.32. The summed E-state index contributed by atoms with van der Waals surface area (Å²) in [7, 11) is 0. The molecule has 0 radical (unpaired) electrons. The molecule has 4 rings (SSSR count). The molecule has 0 saturated heterocycles. The standard InChI is InChI=1S/C21H17N3/c1-15-9-11-17(12-10-15)21(14-22)19(16-6-3-2-4-7-16)24-18-8-5-13-23-20(18)21/h2-13,19,24H,1H3/t19-,21-/m1/s1. The number of aryl methyl sites for hydroxylation is 1. The summed E-state index contributed by atoms with van der Waals surface area (Å²) in [5, 5.41) is 13.8. The fraction of sp³-hybridized carbons (Fsp3) is 0.143. The number of aromatic nitrogens is 1. The monoisotopic (exact) mass is 311 g/mol. The average molecular weight is 311 g/mol. The first kappa shape index (κ1) is 14.5. The third kappa shape index (κ3) is 2.00. The first-order chi connectivity index (χ1) is 11.8. The molecule has 0 saturated carbocycles. The smallest absolute Gasteiger partial charge is 0.150 e. The van der Waals surface area contributed by atoms with Crippen molar-refractivity contribution in [2.75, 3.05) is 5.32 Å². The van der Waals surface area contributed by atoms with E-state index in [4.69, 9.17) is 0 Å². The zero-order chi connectivity index (χ0) is 16.6. The van der Waals surface area contributed by atoms with Crippen LogP contribution in [0.5, 0.6) is 0 Å². The van der Waals surface area contributed by atoms with Crippen LogP contribution in [0.25, 0.3) is 0 Å². The van der Waals surface area contributed by atoms with Gasteiger partial charge in [0.25, 0.3) is 0 Å². The van der Waals surface area contributed by atoms with Crippen molar-refractivity contribution in [3.8, 4) is 6.07 Å². The minimum absolute atomic E-state index is 0.170. The Hall–Kier alpha value is -3.12. The zero-order valence-electron chi connectivity index (χ0n) is 13.4. The summed E-state index contributed by atoms with van der Waals surface area (Å²) >= 11 is 0. The molecule has 0 fully saturated rings. The van der Waals surface area contributed by atoms with Gasteiger partial charge in [-0.25, -0.2) is 0 Å². The van der Waals surface area contributed by atoms with E-state index in [2.05, 4.69) is 47.6 Å². The summed E-state index contributed by atoms with van der Waals surface area (Å²) in [6.07, 6.45) is 1.76. The maximum Gasteiger partial charge on any atom is 0.150 e. The normalized spacial score (nSPS) is 21.6. The van der Waals surface area contributed by atoms with Crippen molar-refractivity contribution in [2.24, 2.45) is 0 Å². The van der Waals surface area contributed by atoms with Crippen molar-refractivity contribution in [1.82, 2.24) is 4.98 Å². The van der Waals surface area contributed by atoms with E-state index in [-0.39, 0.29) is 6.04 Å². The van der Waals surface area contributed by atoms with Crippen LogP contribution in [0.3, 0.4) is 0 Å². The van der Waals surface area contributed by atoms with Crippen molar-refractivity contribution < 1.29 is 0 Å². The Labute approximate surface area is 141 Å².